The molecule has 2 aromatic carbocycles. The third kappa shape index (κ3) is 6.32. The molecule has 0 bridgehead atoms. The number of benzene rings is 2. The quantitative estimate of drug-likeness (QED) is 0.356. The van der Waals surface area contributed by atoms with Crippen molar-refractivity contribution in [2.45, 2.75) is 51.6 Å². The first-order valence-corrected chi connectivity index (χ1v) is 11.8. The molecule has 12 heteroatoms. The van der Waals surface area contributed by atoms with E-state index in [1.807, 2.05) is 0 Å². The first kappa shape index (κ1) is 27.8. The molecule has 196 valence electrons. The van der Waals surface area contributed by atoms with Gasteiger partial charge in [0.05, 0.1) is 29.5 Å². The second-order valence-corrected chi connectivity index (χ2v) is 9.19. The number of halogens is 7. The first-order chi connectivity index (χ1) is 16.7. The van der Waals surface area contributed by atoms with E-state index in [1.165, 1.54) is 16.7 Å². The Morgan fingerprint density at radius 1 is 1.06 bits per heavy atom. The van der Waals surface area contributed by atoms with Crippen molar-refractivity contribution in [2.24, 2.45) is 0 Å². The Hall–Kier alpha value is -2.76. The Morgan fingerprint density at radius 2 is 1.67 bits per heavy atom. The fourth-order valence-corrected chi connectivity index (χ4v) is 4.60. The molecule has 0 N–H and O–H groups in total. The minimum Gasteiger partial charge on any atom is -0.449 e. The Kier molecular flexibility index (Phi) is 8.27. The molecule has 5 nitrogen and oxygen atoms in total. The molecule has 0 aliphatic carbocycles. The van der Waals surface area contributed by atoms with Gasteiger partial charge in [-0.05, 0) is 67.3 Å². The van der Waals surface area contributed by atoms with Crippen LogP contribution in [0.5, 0.6) is 0 Å². The minimum absolute atomic E-state index is 0.0525. The van der Waals surface area contributed by atoms with Gasteiger partial charge < -0.3 is 9.64 Å². The predicted molar refractivity (Wildman–Crippen MR) is 123 cm³/mol. The fraction of sp³-hybridized carbons (Fsp3) is 0.417. The average molecular weight is 581 g/mol. The summed E-state index contributed by atoms with van der Waals surface area (Å²) in [5.74, 6) is -0.540. The lowest BCUT2D eigenvalue weighted by Gasteiger charge is -2.32. The zero-order chi connectivity index (χ0) is 26.8. The highest BCUT2D eigenvalue weighted by Crippen LogP contribution is 2.41. The van der Waals surface area contributed by atoms with Crippen LogP contribution in [0.15, 0.2) is 40.9 Å². The summed E-state index contributed by atoms with van der Waals surface area (Å²) in [5, 5.41) is 0. The topological polar surface area (TPSA) is 49.9 Å². The Morgan fingerprint density at radius 3 is 2.19 bits per heavy atom. The molecule has 1 aliphatic heterocycles. The van der Waals surface area contributed by atoms with Gasteiger partial charge in [-0.25, -0.2) is 4.79 Å². The van der Waals surface area contributed by atoms with Gasteiger partial charge in [0.2, 0.25) is 5.91 Å². The van der Waals surface area contributed by atoms with Gasteiger partial charge in [-0.1, -0.05) is 15.9 Å². The summed E-state index contributed by atoms with van der Waals surface area (Å²) in [6.07, 6.45) is -9.86. The molecule has 0 saturated carbocycles. The lowest BCUT2D eigenvalue weighted by atomic mass is 9.98. The zero-order valence-electron chi connectivity index (χ0n) is 19.3. The number of anilines is 1. The molecule has 0 spiro atoms. The molecular formula is C24H23BrF6N2O3. The molecular weight excluding hydrogens is 558 g/mol. The smallest absolute Gasteiger partial charge is 0.416 e. The van der Waals surface area contributed by atoms with Crippen LogP contribution in [-0.4, -0.2) is 30.1 Å². The maximum absolute atomic E-state index is 13.4. The zero-order valence-corrected chi connectivity index (χ0v) is 20.9. The number of amides is 2. The highest BCUT2D eigenvalue weighted by Gasteiger charge is 2.38. The van der Waals surface area contributed by atoms with Crippen molar-refractivity contribution in [3.8, 4) is 0 Å². The van der Waals surface area contributed by atoms with Crippen LogP contribution in [0.25, 0.3) is 0 Å². The maximum Gasteiger partial charge on any atom is 0.416 e. The van der Waals surface area contributed by atoms with Gasteiger partial charge in [-0.15, -0.1) is 0 Å². The van der Waals surface area contributed by atoms with Gasteiger partial charge in [-0.2, -0.15) is 26.3 Å². The van der Waals surface area contributed by atoms with E-state index in [2.05, 4.69) is 15.9 Å². The van der Waals surface area contributed by atoms with Gasteiger partial charge in [0, 0.05) is 24.5 Å². The number of fused-ring (bicyclic) bond motifs is 1. The molecule has 1 atom stereocenters. The van der Waals surface area contributed by atoms with E-state index in [0.717, 1.165) is 0 Å². The van der Waals surface area contributed by atoms with Gasteiger partial charge >= 0.3 is 18.4 Å². The normalized spacial score (nSPS) is 16.2. The summed E-state index contributed by atoms with van der Waals surface area (Å²) >= 11 is 3.36. The van der Waals surface area contributed by atoms with E-state index in [-0.39, 0.29) is 24.8 Å². The number of carbonyl (C=O) groups is 2. The molecule has 0 saturated heterocycles. The van der Waals surface area contributed by atoms with Crippen molar-refractivity contribution in [1.29, 1.82) is 0 Å². The van der Waals surface area contributed by atoms with E-state index in [0.29, 0.717) is 40.7 Å². The SMILES string of the molecule is CCOC(=O)N1CCCC(N(Cc2cc(C(F)(F)F)cc(C(F)(F)F)c2)C(C)=O)c2cc(Br)ccc21. The number of hydrogen-bond acceptors (Lipinski definition) is 3. The summed E-state index contributed by atoms with van der Waals surface area (Å²) < 4.78 is 85.9. The van der Waals surface area contributed by atoms with Gasteiger partial charge in [0.1, 0.15) is 0 Å². The lowest BCUT2D eigenvalue weighted by molar-refractivity contribution is -0.143. The number of nitrogens with zero attached hydrogens (tertiary/aromatic N) is 2. The summed E-state index contributed by atoms with van der Waals surface area (Å²) in [7, 11) is 0. The third-order valence-electron chi connectivity index (χ3n) is 5.77. The third-order valence-corrected chi connectivity index (χ3v) is 6.26. The second-order valence-electron chi connectivity index (χ2n) is 8.27. The first-order valence-electron chi connectivity index (χ1n) is 11.0. The van der Waals surface area contributed by atoms with Gasteiger partial charge in [-0.3, -0.25) is 9.69 Å². The molecule has 36 heavy (non-hydrogen) atoms. The van der Waals surface area contributed by atoms with Crippen LogP contribution in [-0.2, 0) is 28.4 Å². The van der Waals surface area contributed by atoms with E-state index in [1.54, 1.807) is 25.1 Å². The monoisotopic (exact) mass is 580 g/mol. The number of rotatable bonds is 4. The van der Waals surface area contributed by atoms with E-state index < -0.39 is 48.1 Å². The molecule has 1 heterocycles. The second kappa shape index (κ2) is 10.7. The Bertz CT molecular complexity index is 1100. The van der Waals surface area contributed by atoms with Crippen molar-refractivity contribution in [1.82, 2.24) is 4.90 Å². The van der Waals surface area contributed by atoms with E-state index in [9.17, 15) is 35.9 Å². The fourth-order valence-electron chi connectivity index (χ4n) is 4.22. The Labute approximate surface area is 212 Å². The van der Waals surface area contributed by atoms with Crippen LogP contribution >= 0.6 is 15.9 Å². The molecule has 0 aromatic heterocycles. The van der Waals surface area contributed by atoms with E-state index >= 15 is 0 Å². The van der Waals surface area contributed by atoms with Gasteiger partial charge in [0.15, 0.2) is 0 Å². The van der Waals surface area contributed by atoms with Crippen LogP contribution in [0.1, 0.15) is 55.0 Å². The molecule has 0 radical (unpaired) electrons. The average Bonchev–Trinajstić information content (AvgIpc) is 2.95. The van der Waals surface area contributed by atoms with E-state index in [4.69, 9.17) is 4.74 Å². The number of hydrogen-bond donors (Lipinski definition) is 0. The van der Waals surface area contributed by atoms with Crippen LogP contribution in [0.4, 0.5) is 36.8 Å². The van der Waals surface area contributed by atoms with Crippen molar-refractivity contribution in [3.63, 3.8) is 0 Å². The molecule has 2 amide bonds. The van der Waals surface area contributed by atoms with Crippen molar-refractivity contribution >= 4 is 33.6 Å². The van der Waals surface area contributed by atoms with Crippen LogP contribution in [0, 0.1) is 0 Å². The summed E-state index contributed by atoms with van der Waals surface area (Å²) in [4.78, 5) is 27.9. The lowest BCUT2D eigenvalue weighted by Crippen LogP contribution is -2.34. The Balaban J connectivity index is 2.09. The van der Waals surface area contributed by atoms with Crippen molar-refractivity contribution in [3.05, 3.63) is 63.1 Å². The van der Waals surface area contributed by atoms with Crippen LogP contribution in [0.3, 0.4) is 0 Å². The number of ether oxygens (including phenoxy) is 1. The predicted octanol–water partition coefficient (Wildman–Crippen LogP) is 7.33. The maximum atomic E-state index is 13.4. The molecule has 1 aliphatic rings. The highest BCUT2D eigenvalue weighted by molar-refractivity contribution is 9.10. The van der Waals surface area contributed by atoms with Crippen molar-refractivity contribution < 1.29 is 40.7 Å². The minimum atomic E-state index is -5.00. The van der Waals surface area contributed by atoms with Gasteiger partial charge in [0.25, 0.3) is 0 Å². The van der Waals surface area contributed by atoms with Crippen LogP contribution < -0.4 is 4.90 Å². The summed E-state index contributed by atoms with van der Waals surface area (Å²) in [6, 6.07) is 5.60. The highest BCUT2D eigenvalue weighted by atomic mass is 79.9. The van der Waals surface area contributed by atoms with Crippen LogP contribution in [0.2, 0.25) is 0 Å². The number of alkyl halides is 6. The molecule has 1 unspecified atom stereocenters. The molecule has 3 rings (SSSR count). The summed E-state index contributed by atoms with van der Waals surface area (Å²) in [5.41, 5.74) is -2.24. The molecule has 0 fully saturated rings. The number of carbonyl (C=O) groups excluding carboxylic acids is 2. The summed E-state index contributed by atoms with van der Waals surface area (Å²) in [6.45, 7) is 2.77. The van der Waals surface area contributed by atoms with Crippen molar-refractivity contribution in [2.75, 3.05) is 18.1 Å². The molecule has 2 aromatic rings. The standard InChI is InChI=1S/C24H23BrF6N2O3/c1-3-36-22(35)32-8-4-5-20(19-12-18(25)6-7-21(19)32)33(14(2)34)13-15-9-16(23(26,27)28)11-17(10-15)24(29,30)31/h6-7,9-12,20H,3-5,8,13H2,1-2H3. The largest absolute Gasteiger partial charge is 0.449 e.